The molecule has 0 rings (SSSR count). The molecular weight excluding hydrogens is 913 g/mol. The standard InChI is InChI=1S/C68H114O6/c1-4-7-10-13-16-19-21-23-25-27-29-31-33-34-36-37-39-41-43-45-47-49-52-55-58-61-67(70)73-64-65(63-72-66(69)60-57-54-51-18-15-12-9-6-3)74-68(71)62-59-56-53-50-48-46-44-42-40-38-35-32-30-28-26-24-22-20-17-14-11-8-5-2/h7-8,10-11,16-17,19-20,23-26,29-32,38,40,65H,4-6,9,12-15,18,21-22,27-28,33-37,39,41-64H2,1-3H3/b10-7-,11-8-,19-16-,20-17-,25-23-,26-24-,31-29-,32-30-,40-38-. The molecule has 0 bridgehead atoms. The van der Waals surface area contributed by atoms with Gasteiger partial charge in [-0.15, -0.1) is 0 Å². The lowest BCUT2D eigenvalue weighted by atomic mass is 10.0. The Bertz CT molecular complexity index is 1510. The molecule has 0 amide bonds. The molecule has 74 heavy (non-hydrogen) atoms. The highest BCUT2D eigenvalue weighted by atomic mass is 16.6. The maximum absolute atomic E-state index is 12.9. The summed E-state index contributed by atoms with van der Waals surface area (Å²) in [5, 5.41) is 0. The van der Waals surface area contributed by atoms with Crippen molar-refractivity contribution in [2.24, 2.45) is 0 Å². The van der Waals surface area contributed by atoms with Crippen molar-refractivity contribution >= 4 is 17.9 Å². The molecule has 0 heterocycles. The third-order valence-corrected chi connectivity index (χ3v) is 13.0. The summed E-state index contributed by atoms with van der Waals surface area (Å²) >= 11 is 0. The second-order valence-electron chi connectivity index (χ2n) is 20.2. The third kappa shape index (κ3) is 59.0. The molecular formula is C68H114O6. The quantitative estimate of drug-likeness (QED) is 0.0261. The first-order valence-electron chi connectivity index (χ1n) is 30.9. The van der Waals surface area contributed by atoms with E-state index in [9.17, 15) is 14.4 Å². The first kappa shape index (κ1) is 70.1. The lowest BCUT2D eigenvalue weighted by Gasteiger charge is -2.18. The molecule has 422 valence electrons. The Morgan fingerprint density at radius 3 is 0.824 bits per heavy atom. The second kappa shape index (κ2) is 61.6. The molecule has 6 nitrogen and oxygen atoms in total. The summed E-state index contributed by atoms with van der Waals surface area (Å²) in [4.78, 5) is 38.1. The Labute approximate surface area is 457 Å². The topological polar surface area (TPSA) is 78.9 Å². The van der Waals surface area contributed by atoms with Crippen molar-refractivity contribution in [1.82, 2.24) is 0 Å². The van der Waals surface area contributed by atoms with Gasteiger partial charge in [-0.2, -0.15) is 0 Å². The van der Waals surface area contributed by atoms with E-state index in [-0.39, 0.29) is 31.1 Å². The van der Waals surface area contributed by atoms with Crippen LogP contribution in [0.15, 0.2) is 109 Å². The van der Waals surface area contributed by atoms with Crippen LogP contribution in [0.25, 0.3) is 0 Å². The van der Waals surface area contributed by atoms with Crippen molar-refractivity contribution in [3.63, 3.8) is 0 Å². The van der Waals surface area contributed by atoms with E-state index in [1.54, 1.807) is 0 Å². The maximum atomic E-state index is 12.9. The summed E-state index contributed by atoms with van der Waals surface area (Å²) in [5.74, 6) is -0.895. The summed E-state index contributed by atoms with van der Waals surface area (Å²) in [6.45, 7) is 6.39. The van der Waals surface area contributed by atoms with Gasteiger partial charge in [0.1, 0.15) is 13.2 Å². The number of unbranched alkanes of at least 4 members (excludes halogenated alkanes) is 26. The van der Waals surface area contributed by atoms with Crippen LogP contribution in [-0.2, 0) is 28.6 Å². The van der Waals surface area contributed by atoms with E-state index in [1.807, 2.05) is 0 Å². The van der Waals surface area contributed by atoms with Crippen molar-refractivity contribution < 1.29 is 28.6 Å². The van der Waals surface area contributed by atoms with Crippen LogP contribution in [0.2, 0.25) is 0 Å². The van der Waals surface area contributed by atoms with Gasteiger partial charge >= 0.3 is 17.9 Å². The van der Waals surface area contributed by atoms with E-state index in [4.69, 9.17) is 14.2 Å². The Balaban J connectivity index is 4.23. The molecule has 1 atom stereocenters. The molecule has 0 fully saturated rings. The molecule has 0 N–H and O–H groups in total. The third-order valence-electron chi connectivity index (χ3n) is 13.0. The zero-order valence-corrected chi connectivity index (χ0v) is 48.3. The predicted octanol–water partition coefficient (Wildman–Crippen LogP) is 21.0. The number of ether oxygens (including phenoxy) is 3. The minimum Gasteiger partial charge on any atom is -0.462 e. The maximum Gasteiger partial charge on any atom is 0.306 e. The number of rotatable bonds is 55. The lowest BCUT2D eigenvalue weighted by Crippen LogP contribution is -2.30. The van der Waals surface area contributed by atoms with Gasteiger partial charge in [0.2, 0.25) is 0 Å². The van der Waals surface area contributed by atoms with Crippen LogP contribution >= 0.6 is 0 Å². The van der Waals surface area contributed by atoms with E-state index in [2.05, 4.69) is 130 Å². The first-order chi connectivity index (χ1) is 36.5. The van der Waals surface area contributed by atoms with Gasteiger partial charge in [-0.3, -0.25) is 14.4 Å². The molecule has 1 unspecified atom stereocenters. The highest BCUT2D eigenvalue weighted by Gasteiger charge is 2.19. The van der Waals surface area contributed by atoms with Gasteiger partial charge in [0.25, 0.3) is 0 Å². The zero-order chi connectivity index (χ0) is 53.6. The molecule has 0 aromatic heterocycles. The highest BCUT2D eigenvalue weighted by molar-refractivity contribution is 5.71. The molecule has 0 spiro atoms. The van der Waals surface area contributed by atoms with Crippen molar-refractivity contribution in [2.45, 2.75) is 290 Å². The summed E-state index contributed by atoms with van der Waals surface area (Å²) in [7, 11) is 0. The van der Waals surface area contributed by atoms with Crippen molar-refractivity contribution in [2.75, 3.05) is 13.2 Å². The van der Waals surface area contributed by atoms with Crippen molar-refractivity contribution in [3.8, 4) is 0 Å². The molecule has 0 aliphatic heterocycles. The fourth-order valence-corrected chi connectivity index (χ4v) is 8.46. The van der Waals surface area contributed by atoms with Crippen LogP contribution in [0, 0.1) is 0 Å². The van der Waals surface area contributed by atoms with Crippen molar-refractivity contribution in [3.05, 3.63) is 109 Å². The van der Waals surface area contributed by atoms with E-state index in [0.717, 1.165) is 122 Å². The van der Waals surface area contributed by atoms with Crippen LogP contribution in [0.5, 0.6) is 0 Å². The summed E-state index contributed by atoms with van der Waals surface area (Å²) in [6, 6.07) is 0. The average molecular weight is 1030 g/mol. The van der Waals surface area contributed by atoms with Crippen LogP contribution in [0.3, 0.4) is 0 Å². The normalized spacial score (nSPS) is 12.9. The number of esters is 3. The van der Waals surface area contributed by atoms with Gasteiger partial charge in [-0.25, -0.2) is 0 Å². The molecule has 0 aliphatic carbocycles. The van der Waals surface area contributed by atoms with Gasteiger partial charge in [0, 0.05) is 19.3 Å². The van der Waals surface area contributed by atoms with E-state index in [0.29, 0.717) is 19.3 Å². The monoisotopic (exact) mass is 1030 g/mol. The molecule has 6 heteroatoms. The minimum atomic E-state index is -0.784. The number of hydrogen-bond acceptors (Lipinski definition) is 6. The number of carbonyl (C=O) groups is 3. The molecule has 0 radical (unpaired) electrons. The minimum absolute atomic E-state index is 0.0822. The molecule has 0 aliphatic rings. The largest absolute Gasteiger partial charge is 0.462 e. The molecule has 0 saturated heterocycles. The Kier molecular flexibility index (Phi) is 58.3. The van der Waals surface area contributed by atoms with Gasteiger partial charge in [-0.05, 0) is 103 Å². The fourth-order valence-electron chi connectivity index (χ4n) is 8.46. The zero-order valence-electron chi connectivity index (χ0n) is 48.3. The van der Waals surface area contributed by atoms with Crippen LogP contribution in [0.4, 0.5) is 0 Å². The SMILES string of the molecule is CC/C=C\C/C=C\C/C=C\C/C=C\C/C=C\CCCCCCCCCC(=O)OC(COC(=O)CCCCCCCCCC)COC(=O)CCCCCCCCCCCCCC/C=C\C/C=C\C/C=C\C/C=C\CC. The highest BCUT2D eigenvalue weighted by Crippen LogP contribution is 2.16. The summed E-state index contributed by atoms with van der Waals surface area (Å²) in [5.41, 5.74) is 0. The Morgan fingerprint density at radius 2 is 0.527 bits per heavy atom. The van der Waals surface area contributed by atoms with Gasteiger partial charge in [0.15, 0.2) is 6.10 Å². The van der Waals surface area contributed by atoms with E-state index >= 15 is 0 Å². The van der Waals surface area contributed by atoms with Crippen LogP contribution in [-0.4, -0.2) is 37.2 Å². The second-order valence-corrected chi connectivity index (χ2v) is 20.2. The Morgan fingerprint density at radius 1 is 0.284 bits per heavy atom. The summed E-state index contributed by atoms with van der Waals surface area (Å²) in [6.07, 6.45) is 83.9. The van der Waals surface area contributed by atoms with Crippen LogP contribution < -0.4 is 0 Å². The molecule has 0 aromatic carbocycles. The average Bonchev–Trinajstić information content (AvgIpc) is 3.40. The van der Waals surface area contributed by atoms with Gasteiger partial charge < -0.3 is 14.2 Å². The lowest BCUT2D eigenvalue weighted by molar-refractivity contribution is -0.167. The first-order valence-corrected chi connectivity index (χ1v) is 30.9. The van der Waals surface area contributed by atoms with Crippen molar-refractivity contribution in [1.29, 1.82) is 0 Å². The predicted molar refractivity (Wildman–Crippen MR) is 320 cm³/mol. The molecule has 0 saturated carbocycles. The molecule has 0 aromatic rings. The summed E-state index contributed by atoms with van der Waals surface area (Å²) < 4.78 is 16.8. The van der Waals surface area contributed by atoms with Gasteiger partial charge in [0.05, 0.1) is 0 Å². The van der Waals surface area contributed by atoms with E-state index in [1.165, 1.54) is 122 Å². The van der Waals surface area contributed by atoms with E-state index < -0.39 is 6.10 Å². The van der Waals surface area contributed by atoms with Gasteiger partial charge in [-0.1, -0.05) is 271 Å². The fraction of sp³-hybridized carbons (Fsp3) is 0.691. The number of allylic oxidation sites excluding steroid dienone is 18. The number of carbonyl (C=O) groups excluding carboxylic acids is 3. The smallest absolute Gasteiger partial charge is 0.306 e. The number of hydrogen-bond donors (Lipinski definition) is 0. The Hall–Kier alpha value is -3.93. The van der Waals surface area contributed by atoms with Crippen LogP contribution in [0.1, 0.15) is 284 Å².